The van der Waals surface area contributed by atoms with E-state index < -0.39 is 12.1 Å². The predicted octanol–water partition coefficient (Wildman–Crippen LogP) is 2.33. The summed E-state index contributed by atoms with van der Waals surface area (Å²) in [5, 5.41) is 7.54. The maximum absolute atomic E-state index is 12.8. The number of hydrogen-bond acceptors (Lipinski definition) is 4. The Kier molecular flexibility index (Phi) is 6.65. The van der Waals surface area contributed by atoms with E-state index in [0.29, 0.717) is 19.5 Å². The van der Waals surface area contributed by atoms with Crippen molar-refractivity contribution in [1.29, 1.82) is 0 Å². The van der Waals surface area contributed by atoms with Gasteiger partial charge in [0.2, 0.25) is 11.8 Å². The van der Waals surface area contributed by atoms with Crippen LogP contribution in [0.25, 0.3) is 0 Å². The molecule has 0 radical (unpaired) electrons. The zero-order chi connectivity index (χ0) is 19.9. The molecular formula is C20H24N4O3S. The number of benzene rings is 1. The highest BCUT2D eigenvalue weighted by Gasteiger charge is 2.26. The zero-order valence-corrected chi connectivity index (χ0v) is 16.3. The van der Waals surface area contributed by atoms with E-state index >= 15 is 0 Å². The fourth-order valence-electron chi connectivity index (χ4n) is 3.36. The van der Waals surface area contributed by atoms with Crippen LogP contribution in [0.2, 0.25) is 0 Å². The molecule has 1 aromatic heterocycles. The van der Waals surface area contributed by atoms with Crippen molar-refractivity contribution in [2.75, 3.05) is 13.1 Å². The average molecular weight is 401 g/mol. The van der Waals surface area contributed by atoms with Gasteiger partial charge in [0.15, 0.2) is 0 Å². The van der Waals surface area contributed by atoms with Gasteiger partial charge in [-0.25, -0.2) is 4.79 Å². The second-order valence-electron chi connectivity index (χ2n) is 6.75. The number of rotatable bonds is 8. The predicted molar refractivity (Wildman–Crippen MR) is 108 cm³/mol. The van der Waals surface area contributed by atoms with Gasteiger partial charge >= 0.3 is 6.03 Å². The number of urea groups is 1. The minimum absolute atomic E-state index is 0.0702. The molecule has 1 aliphatic rings. The molecule has 2 unspecified atom stereocenters. The Bertz CT molecular complexity index is 810. The lowest BCUT2D eigenvalue weighted by Gasteiger charge is -2.26. The van der Waals surface area contributed by atoms with E-state index in [4.69, 9.17) is 5.73 Å². The summed E-state index contributed by atoms with van der Waals surface area (Å²) in [5.41, 5.74) is 6.21. The molecule has 2 atom stereocenters. The van der Waals surface area contributed by atoms with Crippen molar-refractivity contribution in [2.45, 2.75) is 31.3 Å². The van der Waals surface area contributed by atoms with Crippen LogP contribution in [0, 0.1) is 0 Å². The summed E-state index contributed by atoms with van der Waals surface area (Å²) in [6, 6.07) is 11.8. The van der Waals surface area contributed by atoms with Crippen molar-refractivity contribution in [3.63, 3.8) is 0 Å². The fraction of sp³-hybridized carbons (Fsp3) is 0.350. The lowest BCUT2D eigenvalue weighted by Crippen LogP contribution is -2.41. The van der Waals surface area contributed by atoms with Crippen LogP contribution in [0.15, 0.2) is 47.8 Å². The van der Waals surface area contributed by atoms with Gasteiger partial charge in [-0.05, 0) is 23.4 Å². The summed E-state index contributed by atoms with van der Waals surface area (Å²) in [6.07, 6.45) is 1.47. The summed E-state index contributed by atoms with van der Waals surface area (Å²) in [4.78, 5) is 38.8. The fourth-order valence-corrected chi connectivity index (χ4v) is 4.14. The largest absolute Gasteiger partial charge is 0.352 e. The molecule has 148 valence electrons. The Hall–Kier alpha value is -2.87. The third-order valence-corrected chi connectivity index (χ3v) is 5.69. The minimum Gasteiger partial charge on any atom is -0.352 e. The number of carbonyl (C=O) groups excluding carboxylic acids is 3. The minimum atomic E-state index is -0.673. The zero-order valence-electron chi connectivity index (χ0n) is 15.5. The van der Waals surface area contributed by atoms with Crippen LogP contribution in [0.1, 0.15) is 41.8 Å². The summed E-state index contributed by atoms with van der Waals surface area (Å²) in [7, 11) is 0. The smallest absolute Gasteiger partial charge is 0.312 e. The molecule has 0 saturated carbocycles. The van der Waals surface area contributed by atoms with Gasteiger partial charge in [0.1, 0.15) is 0 Å². The standard InChI is InChI=1S/C20H24N4O3S/c21-20(27)23-15(17-8-5-11-28-17)12-18(25)22-16(14-6-2-1-3-7-14)13-24-10-4-9-19(24)26/h1-3,5-8,11,15-16H,4,9-10,12-13H2,(H,22,25)(H3,21,23,27). The maximum Gasteiger partial charge on any atom is 0.312 e. The van der Waals surface area contributed by atoms with Crippen LogP contribution >= 0.6 is 11.3 Å². The lowest BCUT2D eigenvalue weighted by molar-refractivity contribution is -0.129. The lowest BCUT2D eigenvalue weighted by atomic mass is 10.1. The van der Waals surface area contributed by atoms with Gasteiger partial charge in [-0.3, -0.25) is 9.59 Å². The van der Waals surface area contributed by atoms with Crippen LogP contribution in [0.5, 0.6) is 0 Å². The summed E-state index contributed by atoms with van der Waals surface area (Å²) in [6.45, 7) is 1.14. The highest BCUT2D eigenvalue weighted by Crippen LogP contribution is 2.23. The Morgan fingerprint density at radius 2 is 1.89 bits per heavy atom. The van der Waals surface area contributed by atoms with Gasteiger partial charge in [-0.1, -0.05) is 36.4 Å². The van der Waals surface area contributed by atoms with E-state index in [1.54, 1.807) is 4.90 Å². The van der Waals surface area contributed by atoms with Gasteiger partial charge in [-0.2, -0.15) is 0 Å². The Morgan fingerprint density at radius 3 is 2.50 bits per heavy atom. The normalized spacial score (nSPS) is 15.9. The summed E-state index contributed by atoms with van der Waals surface area (Å²) < 4.78 is 0. The first kappa shape index (κ1) is 19.9. The van der Waals surface area contributed by atoms with Gasteiger partial charge < -0.3 is 21.3 Å². The molecule has 1 aliphatic heterocycles. The van der Waals surface area contributed by atoms with E-state index in [1.165, 1.54) is 11.3 Å². The number of hydrogen-bond donors (Lipinski definition) is 3. The number of amides is 4. The average Bonchev–Trinajstić information content (AvgIpc) is 3.33. The van der Waals surface area contributed by atoms with Crippen molar-refractivity contribution >= 4 is 29.2 Å². The van der Waals surface area contributed by atoms with Crippen LogP contribution in [0.4, 0.5) is 4.79 Å². The number of likely N-dealkylation sites (tertiary alicyclic amines) is 1. The molecule has 4 N–H and O–H groups in total. The first-order valence-corrected chi connectivity index (χ1v) is 10.1. The SMILES string of the molecule is NC(=O)NC(CC(=O)NC(CN1CCCC1=O)c1ccccc1)c1cccs1. The van der Waals surface area contributed by atoms with Crippen molar-refractivity contribution in [3.05, 3.63) is 58.3 Å². The molecule has 0 aliphatic carbocycles. The Labute approximate surface area is 167 Å². The number of thiophene rings is 1. The first-order chi connectivity index (χ1) is 13.5. The molecule has 0 spiro atoms. The summed E-state index contributed by atoms with van der Waals surface area (Å²) in [5.74, 6) is -0.102. The number of nitrogens with one attached hydrogen (secondary N) is 2. The third-order valence-electron chi connectivity index (χ3n) is 4.70. The number of nitrogens with two attached hydrogens (primary N) is 1. The molecule has 2 heterocycles. The second kappa shape index (κ2) is 9.36. The van der Waals surface area contributed by atoms with Gasteiger partial charge in [0.05, 0.1) is 18.5 Å². The molecule has 28 heavy (non-hydrogen) atoms. The van der Waals surface area contributed by atoms with Gasteiger partial charge in [0.25, 0.3) is 0 Å². The molecule has 7 nitrogen and oxygen atoms in total. The molecule has 2 aromatic rings. The first-order valence-electron chi connectivity index (χ1n) is 9.24. The molecule has 0 bridgehead atoms. The van der Waals surface area contributed by atoms with Crippen LogP contribution in [-0.4, -0.2) is 35.8 Å². The third kappa shape index (κ3) is 5.32. The highest BCUT2D eigenvalue weighted by atomic mass is 32.1. The number of nitrogens with zero attached hydrogens (tertiary/aromatic N) is 1. The highest BCUT2D eigenvalue weighted by molar-refractivity contribution is 7.10. The van der Waals surface area contributed by atoms with E-state index in [2.05, 4.69) is 10.6 Å². The van der Waals surface area contributed by atoms with E-state index in [0.717, 1.165) is 16.9 Å². The van der Waals surface area contributed by atoms with Gasteiger partial charge in [0, 0.05) is 24.4 Å². The van der Waals surface area contributed by atoms with E-state index in [-0.39, 0.29) is 24.3 Å². The topological polar surface area (TPSA) is 105 Å². The van der Waals surface area contributed by atoms with Gasteiger partial charge in [-0.15, -0.1) is 11.3 Å². The van der Waals surface area contributed by atoms with Crippen LogP contribution in [0.3, 0.4) is 0 Å². The maximum atomic E-state index is 12.8. The monoisotopic (exact) mass is 400 g/mol. The number of primary amides is 1. The Balaban J connectivity index is 1.70. The molecule has 3 rings (SSSR count). The second-order valence-corrected chi connectivity index (χ2v) is 7.73. The quantitative estimate of drug-likeness (QED) is 0.633. The molecule has 1 aromatic carbocycles. The van der Waals surface area contributed by atoms with Crippen LogP contribution in [-0.2, 0) is 9.59 Å². The van der Waals surface area contributed by atoms with Crippen molar-refractivity contribution < 1.29 is 14.4 Å². The van der Waals surface area contributed by atoms with E-state index in [1.807, 2.05) is 47.8 Å². The molecule has 8 heteroatoms. The van der Waals surface area contributed by atoms with E-state index in [9.17, 15) is 14.4 Å². The van der Waals surface area contributed by atoms with Crippen molar-refractivity contribution in [3.8, 4) is 0 Å². The number of carbonyl (C=O) groups is 3. The molecule has 1 saturated heterocycles. The molecule has 1 fully saturated rings. The molecule has 4 amide bonds. The van der Waals surface area contributed by atoms with Crippen LogP contribution < -0.4 is 16.4 Å². The molecular weight excluding hydrogens is 376 g/mol. The van der Waals surface area contributed by atoms with Crippen molar-refractivity contribution in [2.24, 2.45) is 5.73 Å². The van der Waals surface area contributed by atoms with Crippen molar-refractivity contribution in [1.82, 2.24) is 15.5 Å². The Morgan fingerprint density at radius 1 is 1.11 bits per heavy atom. The summed E-state index contributed by atoms with van der Waals surface area (Å²) >= 11 is 1.45.